The summed E-state index contributed by atoms with van der Waals surface area (Å²) in [5, 5.41) is 0. The first kappa shape index (κ1) is 14.7. The summed E-state index contributed by atoms with van der Waals surface area (Å²) in [4.78, 5) is 13.7. The van der Waals surface area contributed by atoms with E-state index in [1.807, 2.05) is 0 Å². The van der Waals surface area contributed by atoms with E-state index in [0.717, 1.165) is 0 Å². The molecule has 3 rings (SSSR count). The van der Waals surface area contributed by atoms with Crippen LogP contribution in [0.1, 0.15) is 15.9 Å². The summed E-state index contributed by atoms with van der Waals surface area (Å²) >= 11 is 0. The topological polar surface area (TPSA) is 29.5 Å². The zero-order valence-corrected chi connectivity index (χ0v) is 11.8. The Hall–Kier alpha value is -2.27. The Balaban J connectivity index is 1.49. The molecule has 1 fully saturated rings. The number of amides is 1. The van der Waals surface area contributed by atoms with Crippen molar-refractivity contribution in [3.8, 4) is 0 Å². The van der Waals surface area contributed by atoms with Crippen LogP contribution in [-0.4, -0.2) is 30.0 Å². The van der Waals surface area contributed by atoms with Crippen molar-refractivity contribution in [3.63, 3.8) is 0 Å². The minimum atomic E-state index is -0.369. The molecule has 3 nitrogen and oxygen atoms in total. The van der Waals surface area contributed by atoms with Crippen molar-refractivity contribution in [1.29, 1.82) is 0 Å². The van der Waals surface area contributed by atoms with Gasteiger partial charge in [0.2, 0.25) is 0 Å². The van der Waals surface area contributed by atoms with Crippen LogP contribution in [0.5, 0.6) is 0 Å². The lowest BCUT2D eigenvalue weighted by atomic mass is 10.1. The number of rotatable bonds is 4. The Bertz CT molecular complexity index is 667. The van der Waals surface area contributed by atoms with Crippen molar-refractivity contribution in [3.05, 3.63) is 71.3 Å². The maximum absolute atomic E-state index is 13.4. The average Bonchev–Trinajstić information content (AvgIpc) is 2.48. The SMILES string of the molecule is O=C(c1ccc(F)cc1)N1CC(OCc2ccccc2F)C1. The van der Waals surface area contributed by atoms with E-state index in [-0.39, 0.29) is 30.3 Å². The first-order chi connectivity index (χ1) is 10.6. The van der Waals surface area contributed by atoms with Crippen molar-refractivity contribution in [1.82, 2.24) is 4.90 Å². The Morgan fingerprint density at radius 1 is 1.09 bits per heavy atom. The third-order valence-corrected chi connectivity index (χ3v) is 3.66. The molecule has 0 radical (unpaired) electrons. The molecule has 1 heterocycles. The van der Waals surface area contributed by atoms with E-state index in [1.165, 1.54) is 30.3 Å². The van der Waals surface area contributed by atoms with Gasteiger partial charge < -0.3 is 9.64 Å². The van der Waals surface area contributed by atoms with Crippen LogP contribution in [-0.2, 0) is 11.3 Å². The van der Waals surface area contributed by atoms with E-state index in [1.54, 1.807) is 23.1 Å². The third kappa shape index (κ3) is 3.14. The highest BCUT2D eigenvalue weighted by Gasteiger charge is 2.31. The van der Waals surface area contributed by atoms with E-state index in [4.69, 9.17) is 4.74 Å². The van der Waals surface area contributed by atoms with Crippen molar-refractivity contribution in [2.45, 2.75) is 12.7 Å². The van der Waals surface area contributed by atoms with Crippen LogP contribution in [0.2, 0.25) is 0 Å². The summed E-state index contributed by atoms with van der Waals surface area (Å²) < 4.78 is 31.9. The second-order valence-electron chi connectivity index (χ2n) is 5.24. The van der Waals surface area contributed by atoms with Crippen molar-refractivity contribution < 1.29 is 18.3 Å². The first-order valence-electron chi connectivity index (χ1n) is 7.03. The van der Waals surface area contributed by atoms with Gasteiger partial charge in [-0.1, -0.05) is 18.2 Å². The number of nitrogens with zero attached hydrogens (tertiary/aromatic N) is 1. The van der Waals surface area contributed by atoms with Crippen LogP contribution in [0.4, 0.5) is 8.78 Å². The van der Waals surface area contributed by atoms with E-state index in [9.17, 15) is 13.6 Å². The van der Waals surface area contributed by atoms with E-state index in [0.29, 0.717) is 24.2 Å². The van der Waals surface area contributed by atoms with E-state index < -0.39 is 0 Å². The molecule has 22 heavy (non-hydrogen) atoms. The number of carbonyl (C=O) groups is 1. The Morgan fingerprint density at radius 2 is 1.77 bits per heavy atom. The molecule has 1 amide bonds. The van der Waals surface area contributed by atoms with Crippen molar-refractivity contribution in [2.24, 2.45) is 0 Å². The van der Waals surface area contributed by atoms with Gasteiger partial charge in [-0.05, 0) is 30.3 Å². The largest absolute Gasteiger partial charge is 0.370 e. The second kappa shape index (κ2) is 6.23. The first-order valence-corrected chi connectivity index (χ1v) is 7.03. The summed E-state index contributed by atoms with van der Waals surface area (Å²) in [5.74, 6) is -0.807. The molecule has 0 aromatic heterocycles. The third-order valence-electron chi connectivity index (χ3n) is 3.66. The van der Waals surface area contributed by atoms with Gasteiger partial charge in [-0.3, -0.25) is 4.79 Å². The van der Waals surface area contributed by atoms with E-state index >= 15 is 0 Å². The molecule has 1 aliphatic rings. The molecule has 2 aromatic rings. The smallest absolute Gasteiger partial charge is 0.254 e. The van der Waals surface area contributed by atoms with Gasteiger partial charge in [0.25, 0.3) is 5.91 Å². The van der Waals surface area contributed by atoms with Crippen LogP contribution in [0.25, 0.3) is 0 Å². The second-order valence-corrected chi connectivity index (χ2v) is 5.24. The molecule has 2 aromatic carbocycles. The lowest BCUT2D eigenvalue weighted by molar-refractivity contribution is -0.0509. The molecule has 1 saturated heterocycles. The van der Waals surface area contributed by atoms with Crippen LogP contribution in [0, 0.1) is 11.6 Å². The van der Waals surface area contributed by atoms with Gasteiger partial charge in [-0.25, -0.2) is 8.78 Å². The van der Waals surface area contributed by atoms with Crippen LogP contribution < -0.4 is 0 Å². The predicted octanol–water partition coefficient (Wildman–Crippen LogP) is 3.01. The Labute approximate surface area is 127 Å². The Kier molecular flexibility index (Phi) is 4.15. The zero-order valence-electron chi connectivity index (χ0n) is 11.8. The monoisotopic (exact) mass is 303 g/mol. The molecular weight excluding hydrogens is 288 g/mol. The molecule has 0 unspecified atom stereocenters. The maximum Gasteiger partial charge on any atom is 0.254 e. The summed E-state index contributed by atoms with van der Waals surface area (Å²) in [5.41, 5.74) is 0.958. The number of ether oxygens (including phenoxy) is 1. The summed E-state index contributed by atoms with van der Waals surface area (Å²) in [7, 11) is 0. The molecule has 0 aliphatic carbocycles. The Morgan fingerprint density at radius 3 is 2.45 bits per heavy atom. The molecule has 0 atom stereocenters. The quantitative estimate of drug-likeness (QED) is 0.869. The summed E-state index contributed by atoms with van der Waals surface area (Å²) in [6.07, 6.45) is -0.0935. The number of likely N-dealkylation sites (tertiary alicyclic amines) is 1. The number of hydrogen-bond acceptors (Lipinski definition) is 2. The molecular formula is C17H15F2NO2. The molecule has 1 aliphatic heterocycles. The highest BCUT2D eigenvalue weighted by atomic mass is 19.1. The predicted molar refractivity (Wildman–Crippen MR) is 77.3 cm³/mol. The van der Waals surface area contributed by atoms with Crippen molar-refractivity contribution in [2.75, 3.05) is 13.1 Å². The number of benzene rings is 2. The number of carbonyl (C=O) groups excluding carboxylic acids is 1. The zero-order chi connectivity index (χ0) is 15.5. The van der Waals surface area contributed by atoms with Crippen LogP contribution >= 0.6 is 0 Å². The fourth-order valence-corrected chi connectivity index (χ4v) is 2.31. The van der Waals surface area contributed by atoms with Crippen molar-refractivity contribution >= 4 is 5.91 Å². The lowest BCUT2D eigenvalue weighted by Crippen LogP contribution is -2.54. The fraction of sp³-hybridized carbons (Fsp3) is 0.235. The lowest BCUT2D eigenvalue weighted by Gasteiger charge is -2.39. The van der Waals surface area contributed by atoms with Gasteiger partial charge in [0.15, 0.2) is 0 Å². The number of hydrogen-bond donors (Lipinski definition) is 0. The van der Waals surface area contributed by atoms with Gasteiger partial charge in [0, 0.05) is 24.2 Å². The van der Waals surface area contributed by atoms with Gasteiger partial charge in [-0.15, -0.1) is 0 Å². The highest BCUT2D eigenvalue weighted by Crippen LogP contribution is 2.18. The summed E-state index contributed by atoms with van der Waals surface area (Å²) in [6, 6.07) is 11.9. The normalized spacial score (nSPS) is 14.7. The fourth-order valence-electron chi connectivity index (χ4n) is 2.31. The van der Waals surface area contributed by atoms with Gasteiger partial charge >= 0.3 is 0 Å². The minimum absolute atomic E-state index is 0.0935. The maximum atomic E-state index is 13.4. The molecule has 114 valence electrons. The molecule has 0 bridgehead atoms. The highest BCUT2D eigenvalue weighted by molar-refractivity contribution is 5.94. The molecule has 5 heteroatoms. The molecule has 0 N–H and O–H groups in total. The van der Waals surface area contributed by atoms with Crippen LogP contribution in [0.3, 0.4) is 0 Å². The molecule has 0 spiro atoms. The molecule has 0 saturated carbocycles. The van der Waals surface area contributed by atoms with Gasteiger partial charge in [0.1, 0.15) is 11.6 Å². The minimum Gasteiger partial charge on any atom is -0.370 e. The number of halogens is 2. The average molecular weight is 303 g/mol. The van der Waals surface area contributed by atoms with Crippen LogP contribution in [0.15, 0.2) is 48.5 Å². The van der Waals surface area contributed by atoms with Gasteiger partial charge in [-0.2, -0.15) is 0 Å². The summed E-state index contributed by atoms with van der Waals surface area (Å²) in [6.45, 7) is 1.12. The van der Waals surface area contributed by atoms with Gasteiger partial charge in [0.05, 0.1) is 12.7 Å². The standard InChI is InChI=1S/C17H15F2NO2/c18-14-7-5-12(6-8-14)17(21)20-9-15(10-20)22-11-13-3-1-2-4-16(13)19/h1-8,15H,9-11H2. The van der Waals surface area contributed by atoms with E-state index in [2.05, 4.69) is 0 Å².